The largest absolute Gasteiger partial charge is 0.376 e. The molecule has 156 valence electrons. The van der Waals surface area contributed by atoms with Gasteiger partial charge in [-0.25, -0.2) is 0 Å². The maximum atomic E-state index is 11.6. The van der Waals surface area contributed by atoms with E-state index in [1.807, 2.05) is 35.4 Å². The van der Waals surface area contributed by atoms with Crippen LogP contribution in [0.2, 0.25) is 0 Å². The molecule has 4 nitrogen and oxygen atoms in total. The first-order chi connectivity index (χ1) is 12.7. The summed E-state index contributed by atoms with van der Waals surface area (Å²) in [4.78, 5) is 11.6. The van der Waals surface area contributed by atoms with Gasteiger partial charge in [0.15, 0.2) is 0 Å². The van der Waals surface area contributed by atoms with Crippen LogP contribution in [0, 0.1) is 29.6 Å². The van der Waals surface area contributed by atoms with Crippen LogP contribution in [0.3, 0.4) is 0 Å². The summed E-state index contributed by atoms with van der Waals surface area (Å²) in [5.74, 6) is 8.23. The molecule has 27 heavy (non-hydrogen) atoms. The summed E-state index contributed by atoms with van der Waals surface area (Å²) in [5.41, 5.74) is 1.10. The van der Waals surface area contributed by atoms with Gasteiger partial charge in [-0.05, 0) is 24.7 Å². The van der Waals surface area contributed by atoms with Crippen molar-refractivity contribution in [1.82, 2.24) is 10.6 Å². The Balaban J connectivity index is 3.69. The number of carbonyl (C=O) groups is 1. The highest BCUT2D eigenvalue weighted by molar-refractivity contribution is 8.76. The van der Waals surface area contributed by atoms with Crippen molar-refractivity contribution in [3.8, 4) is 11.8 Å². The molecule has 0 aromatic rings. The van der Waals surface area contributed by atoms with Crippen molar-refractivity contribution < 1.29 is 9.53 Å². The summed E-state index contributed by atoms with van der Waals surface area (Å²) in [6.07, 6.45) is 2.04. The number of nitrogens with one attached hydrogen (secondary N) is 2. The zero-order chi connectivity index (χ0) is 20.7. The van der Waals surface area contributed by atoms with E-state index in [4.69, 9.17) is 4.74 Å². The van der Waals surface area contributed by atoms with Gasteiger partial charge in [-0.3, -0.25) is 4.79 Å². The van der Waals surface area contributed by atoms with Gasteiger partial charge < -0.3 is 15.4 Å². The van der Waals surface area contributed by atoms with Crippen LogP contribution in [0.5, 0.6) is 0 Å². The second-order valence-electron chi connectivity index (χ2n) is 7.42. The molecule has 2 N–H and O–H groups in total. The molecule has 0 radical (unpaired) electrons. The molecular formula is C21H38N2O2S2. The Hall–Kier alpha value is -0.770. The van der Waals surface area contributed by atoms with Gasteiger partial charge in [-0.2, -0.15) is 0 Å². The fourth-order valence-corrected chi connectivity index (χ4v) is 4.63. The Morgan fingerprint density at radius 2 is 1.85 bits per heavy atom. The first-order valence-corrected chi connectivity index (χ1v) is 12.2. The molecule has 1 unspecified atom stereocenters. The van der Waals surface area contributed by atoms with E-state index in [9.17, 15) is 4.79 Å². The van der Waals surface area contributed by atoms with Gasteiger partial charge in [0, 0.05) is 24.0 Å². The molecule has 0 aromatic heterocycles. The molecule has 0 rings (SSSR count). The zero-order valence-electron chi connectivity index (χ0n) is 17.9. The van der Waals surface area contributed by atoms with Crippen LogP contribution < -0.4 is 10.6 Å². The number of ether oxygens (including phenoxy) is 1. The van der Waals surface area contributed by atoms with Crippen LogP contribution in [-0.2, 0) is 9.53 Å². The lowest BCUT2D eigenvalue weighted by molar-refractivity contribution is -0.125. The van der Waals surface area contributed by atoms with Crippen molar-refractivity contribution in [2.75, 3.05) is 25.5 Å². The molecule has 0 saturated carbocycles. The van der Waals surface area contributed by atoms with E-state index in [1.54, 1.807) is 0 Å². The Bertz CT molecular complexity index is 482. The van der Waals surface area contributed by atoms with Crippen LogP contribution in [0.25, 0.3) is 0 Å². The average molecular weight is 415 g/mol. The molecule has 0 aliphatic rings. The van der Waals surface area contributed by atoms with Gasteiger partial charge in [0.05, 0.1) is 11.9 Å². The Morgan fingerprint density at radius 1 is 1.15 bits per heavy atom. The normalized spacial score (nSPS) is 12.0. The lowest BCUT2D eigenvalue weighted by Gasteiger charge is -2.25. The highest BCUT2D eigenvalue weighted by atomic mass is 33.1. The van der Waals surface area contributed by atoms with E-state index in [1.165, 1.54) is 0 Å². The number of unbranched alkanes of at least 4 members (excludes halogenated alkanes) is 1. The van der Waals surface area contributed by atoms with Crippen molar-refractivity contribution >= 4 is 27.5 Å². The molecule has 0 saturated heterocycles. The van der Waals surface area contributed by atoms with E-state index in [0.717, 1.165) is 24.3 Å². The molecule has 1 atom stereocenters. The lowest BCUT2D eigenvalue weighted by atomic mass is 10.1. The molecule has 0 bridgehead atoms. The van der Waals surface area contributed by atoms with Crippen molar-refractivity contribution in [2.24, 2.45) is 17.8 Å². The van der Waals surface area contributed by atoms with E-state index in [0.29, 0.717) is 36.3 Å². The van der Waals surface area contributed by atoms with Crippen molar-refractivity contribution in [3.63, 3.8) is 0 Å². The maximum Gasteiger partial charge on any atom is 0.246 e. The first-order valence-electron chi connectivity index (χ1n) is 9.80. The van der Waals surface area contributed by atoms with Gasteiger partial charge in [-0.1, -0.05) is 81.6 Å². The third-order valence-electron chi connectivity index (χ3n) is 3.57. The first kappa shape index (κ1) is 26.2. The van der Waals surface area contributed by atoms with Gasteiger partial charge in [-0.15, -0.1) is 0 Å². The molecule has 1 amide bonds. The van der Waals surface area contributed by atoms with E-state index in [2.05, 4.69) is 56.7 Å². The van der Waals surface area contributed by atoms with Gasteiger partial charge in [0.2, 0.25) is 5.91 Å². The summed E-state index contributed by atoms with van der Waals surface area (Å²) in [6, 6.07) is 0. The summed E-state index contributed by atoms with van der Waals surface area (Å²) in [7, 11) is 3.77. The summed E-state index contributed by atoms with van der Waals surface area (Å²) < 4.78 is 5.42. The van der Waals surface area contributed by atoms with Gasteiger partial charge in [0.25, 0.3) is 0 Å². The van der Waals surface area contributed by atoms with Gasteiger partial charge >= 0.3 is 0 Å². The number of hydrogen-bond acceptors (Lipinski definition) is 5. The van der Waals surface area contributed by atoms with Crippen molar-refractivity contribution in [3.05, 3.63) is 12.3 Å². The van der Waals surface area contributed by atoms with Crippen LogP contribution in [-0.4, -0.2) is 36.8 Å². The Labute approximate surface area is 174 Å². The minimum atomic E-state index is -0.103. The molecule has 6 heteroatoms. The number of hydrogen-bond donors (Lipinski definition) is 2. The van der Waals surface area contributed by atoms with E-state index in [-0.39, 0.29) is 12.5 Å². The smallest absolute Gasteiger partial charge is 0.246 e. The summed E-state index contributed by atoms with van der Waals surface area (Å²) in [5, 5.41) is 6.65. The average Bonchev–Trinajstić information content (AvgIpc) is 2.59. The van der Waals surface area contributed by atoms with Gasteiger partial charge in [0.1, 0.15) is 6.61 Å². The number of carbonyl (C=O) groups excluding carboxylic acids is 1. The zero-order valence-corrected chi connectivity index (χ0v) is 19.5. The molecule has 0 aromatic carbocycles. The number of allylic oxidation sites excluding steroid dienone is 1. The van der Waals surface area contributed by atoms with Crippen molar-refractivity contribution in [1.29, 1.82) is 0 Å². The van der Waals surface area contributed by atoms with Crippen LogP contribution in [0.15, 0.2) is 12.3 Å². The minimum absolute atomic E-state index is 0.103. The highest BCUT2D eigenvalue weighted by Crippen LogP contribution is 2.31. The standard InChI is InChI=1S/C21H38N2O2S2/c1-16(2)11-10-12-22-20(24)15-25-13-8-9-14-26-27-21(18(5)6)23-19(7)17(3)4/h16-18,21,23H,7-9,12-15H2,1-6H3,(H,22,24). The highest BCUT2D eigenvalue weighted by Gasteiger charge is 2.15. The number of rotatable bonds is 14. The molecule has 0 spiro atoms. The fourth-order valence-electron chi connectivity index (χ4n) is 1.75. The maximum absolute atomic E-state index is 11.6. The molecule has 0 aliphatic carbocycles. The minimum Gasteiger partial charge on any atom is -0.376 e. The second kappa shape index (κ2) is 16.2. The fraction of sp³-hybridized carbons (Fsp3) is 0.762. The number of amides is 1. The van der Waals surface area contributed by atoms with Crippen LogP contribution in [0.4, 0.5) is 0 Å². The molecular weight excluding hydrogens is 376 g/mol. The molecule has 0 heterocycles. The topological polar surface area (TPSA) is 50.4 Å². The summed E-state index contributed by atoms with van der Waals surface area (Å²) >= 11 is 0. The van der Waals surface area contributed by atoms with E-state index >= 15 is 0 Å². The predicted octanol–water partition coefficient (Wildman–Crippen LogP) is 4.68. The molecule has 0 aliphatic heterocycles. The Morgan fingerprint density at radius 3 is 2.44 bits per heavy atom. The monoisotopic (exact) mass is 414 g/mol. The third kappa shape index (κ3) is 15.9. The second-order valence-corrected chi connectivity index (χ2v) is 10.0. The lowest BCUT2D eigenvalue weighted by Crippen LogP contribution is -2.31. The third-order valence-corrected chi connectivity index (χ3v) is 6.56. The predicted molar refractivity (Wildman–Crippen MR) is 121 cm³/mol. The quantitative estimate of drug-likeness (QED) is 0.187. The SMILES string of the molecule is C=C(NC(SSCCCCOCC(=O)NCC#CC(C)C)C(C)C)C(C)C. The van der Waals surface area contributed by atoms with Crippen molar-refractivity contribution in [2.45, 2.75) is 59.8 Å². The van der Waals surface area contributed by atoms with Crippen LogP contribution >= 0.6 is 21.6 Å². The summed E-state index contributed by atoms with van der Waals surface area (Å²) in [6.45, 7) is 18.0. The Kier molecular flexibility index (Phi) is 15.7. The molecule has 0 fully saturated rings. The van der Waals surface area contributed by atoms with E-state index < -0.39 is 0 Å². The van der Waals surface area contributed by atoms with Crippen LogP contribution in [0.1, 0.15) is 54.4 Å².